The van der Waals surface area contributed by atoms with Gasteiger partial charge in [-0.05, 0) is 6.07 Å². The minimum Gasteiger partial charge on any atom is -0.387 e. The number of aromatic nitrogens is 1. The van der Waals surface area contributed by atoms with Crippen LogP contribution in [0.2, 0.25) is 0 Å². The number of hydrogen-bond donors (Lipinski definition) is 1. The highest BCUT2D eigenvalue weighted by atomic mass is 32.2. The molecular formula is C8H12N2O3S. The maximum Gasteiger partial charge on any atom is 0.271 e. The van der Waals surface area contributed by atoms with Gasteiger partial charge in [0.1, 0.15) is 0 Å². The van der Waals surface area contributed by atoms with E-state index < -0.39 is 15.4 Å². The fourth-order valence-electron chi connectivity index (χ4n) is 1.16. The Balaban J connectivity index is 3.70. The Morgan fingerprint density at radius 1 is 1.43 bits per heavy atom. The van der Waals surface area contributed by atoms with Gasteiger partial charge in [0.2, 0.25) is 0 Å². The van der Waals surface area contributed by atoms with Gasteiger partial charge >= 0.3 is 0 Å². The van der Waals surface area contributed by atoms with E-state index in [1.165, 1.54) is 17.8 Å². The molecule has 1 rings (SSSR count). The molecular weight excluding hydrogens is 204 g/mol. The molecule has 0 atom stereocenters. The molecule has 0 unspecified atom stereocenters. The number of anilines is 1. The summed E-state index contributed by atoms with van der Waals surface area (Å²) in [5, 5.41) is 2.68. The lowest BCUT2D eigenvalue weighted by molar-refractivity contribution is 0.599. The van der Waals surface area contributed by atoms with Crippen LogP contribution in [0.1, 0.15) is 0 Å². The largest absolute Gasteiger partial charge is 0.387 e. The first-order chi connectivity index (χ1) is 6.38. The van der Waals surface area contributed by atoms with Gasteiger partial charge in [-0.15, -0.1) is 0 Å². The van der Waals surface area contributed by atoms with Gasteiger partial charge in [-0.1, -0.05) is 0 Å². The topological polar surface area (TPSA) is 68.2 Å². The van der Waals surface area contributed by atoms with Crippen LogP contribution in [0, 0.1) is 0 Å². The van der Waals surface area contributed by atoms with Crippen LogP contribution in [-0.4, -0.2) is 26.3 Å². The van der Waals surface area contributed by atoms with Crippen LogP contribution < -0.4 is 10.9 Å². The average Bonchev–Trinajstić information content (AvgIpc) is 2.07. The van der Waals surface area contributed by atoms with Crippen molar-refractivity contribution in [3.8, 4) is 0 Å². The van der Waals surface area contributed by atoms with Crippen LogP contribution in [0.5, 0.6) is 0 Å². The minimum atomic E-state index is -3.49. The van der Waals surface area contributed by atoms with Crippen molar-refractivity contribution in [2.24, 2.45) is 7.05 Å². The molecule has 1 heterocycles. The summed E-state index contributed by atoms with van der Waals surface area (Å²) in [7, 11) is -0.411. The third-order valence-electron chi connectivity index (χ3n) is 1.86. The first-order valence-electron chi connectivity index (χ1n) is 3.95. The number of nitrogens with one attached hydrogen (secondary N) is 1. The predicted octanol–water partition coefficient (Wildman–Crippen LogP) is -0.169. The molecule has 1 N–H and O–H groups in total. The summed E-state index contributed by atoms with van der Waals surface area (Å²) in [5.74, 6) is 0. The highest BCUT2D eigenvalue weighted by Gasteiger charge is 2.17. The fraction of sp³-hybridized carbons (Fsp3) is 0.375. The molecule has 14 heavy (non-hydrogen) atoms. The van der Waals surface area contributed by atoms with Crippen molar-refractivity contribution in [3.63, 3.8) is 0 Å². The molecule has 0 aromatic carbocycles. The van der Waals surface area contributed by atoms with Crippen molar-refractivity contribution >= 4 is 15.5 Å². The van der Waals surface area contributed by atoms with Gasteiger partial charge in [0, 0.05) is 26.5 Å². The molecule has 0 radical (unpaired) electrons. The summed E-state index contributed by atoms with van der Waals surface area (Å²) in [6.45, 7) is 0. The molecule has 0 amide bonds. The third-order valence-corrected chi connectivity index (χ3v) is 3.00. The highest BCUT2D eigenvalue weighted by molar-refractivity contribution is 7.90. The molecule has 0 spiro atoms. The van der Waals surface area contributed by atoms with E-state index in [-0.39, 0.29) is 4.90 Å². The van der Waals surface area contributed by atoms with Crippen molar-refractivity contribution in [1.29, 1.82) is 0 Å². The van der Waals surface area contributed by atoms with Gasteiger partial charge in [0.05, 0.1) is 5.69 Å². The third kappa shape index (κ3) is 1.79. The number of hydrogen-bond acceptors (Lipinski definition) is 4. The normalized spacial score (nSPS) is 11.4. The number of sulfone groups is 1. The van der Waals surface area contributed by atoms with E-state index in [9.17, 15) is 13.2 Å². The van der Waals surface area contributed by atoms with Crippen molar-refractivity contribution in [2.75, 3.05) is 18.6 Å². The summed E-state index contributed by atoms with van der Waals surface area (Å²) < 4.78 is 23.9. The molecule has 1 aromatic heterocycles. The Morgan fingerprint density at radius 3 is 2.43 bits per heavy atom. The summed E-state index contributed by atoms with van der Waals surface area (Å²) in [4.78, 5) is 11.3. The molecule has 78 valence electrons. The first-order valence-corrected chi connectivity index (χ1v) is 5.84. The van der Waals surface area contributed by atoms with Gasteiger partial charge in [0.15, 0.2) is 14.7 Å². The Morgan fingerprint density at radius 2 is 2.00 bits per heavy atom. The zero-order valence-electron chi connectivity index (χ0n) is 8.23. The fourth-order valence-corrected chi connectivity index (χ4v) is 2.19. The van der Waals surface area contributed by atoms with Crippen molar-refractivity contribution in [2.45, 2.75) is 4.90 Å². The van der Waals surface area contributed by atoms with Crippen LogP contribution in [0.3, 0.4) is 0 Å². The second-order valence-electron chi connectivity index (χ2n) is 3.00. The van der Waals surface area contributed by atoms with Crippen molar-refractivity contribution < 1.29 is 8.42 Å². The molecule has 6 heteroatoms. The van der Waals surface area contributed by atoms with E-state index in [0.29, 0.717) is 5.69 Å². The Hall–Kier alpha value is -1.30. The van der Waals surface area contributed by atoms with Crippen molar-refractivity contribution in [1.82, 2.24) is 4.57 Å². The quantitative estimate of drug-likeness (QED) is 0.745. The van der Waals surface area contributed by atoms with Gasteiger partial charge in [-0.2, -0.15) is 0 Å². The zero-order valence-corrected chi connectivity index (χ0v) is 9.05. The van der Waals surface area contributed by atoms with E-state index in [1.807, 2.05) is 0 Å². The van der Waals surface area contributed by atoms with Gasteiger partial charge in [-0.25, -0.2) is 8.42 Å². The van der Waals surface area contributed by atoms with E-state index in [1.54, 1.807) is 13.1 Å². The minimum absolute atomic E-state index is 0.190. The van der Waals surface area contributed by atoms with E-state index in [0.717, 1.165) is 6.26 Å². The Bertz CT molecular complexity index is 502. The zero-order chi connectivity index (χ0) is 10.9. The monoisotopic (exact) mass is 216 g/mol. The van der Waals surface area contributed by atoms with Crippen LogP contribution in [0.25, 0.3) is 0 Å². The van der Waals surface area contributed by atoms with Crippen LogP contribution in [-0.2, 0) is 16.9 Å². The lowest BCUT2D eigenvalue weighted by atomic mass is 10.4. The molecule has 0 saturated carbocycles. The maximum atomic E-state index is 11.5. The second kappa shape index (κ2) is 3.45. The summed E-state index contributed by atoms with van der Waals surface area (Å²) in [6.07, 6.45) is 2.54. The van der Waals surface area contributed by atoms with Crippen molar-refractivity contribution in [3.05, 3.63) is 22.6 Å². The molecule has 0 fully saturated rings. The highest BCUT2D eigenvalue weighted by Crippen LogP contribution is 2.14. The Labute approximate surface area is 82.3 Å². The predicted molar refractivity (Wildman–Crippen MR) is 54.3 cm³/mol. The molecule has 0 aliphatic rings. The lowest BCUT2D eigenvalue weighted by Crippen LogP contribution is -2.24. The SMILES string of the molecule is CNc1ccn(C)c(=O)c1S(C)(=O)=O. The second-order valence-corrected chi connectivity index (χ2v) is 4.95. The van der Waals surface area contributed by atoms with E-state index in [2.05, 4.69) is 5.32 Å². The van der Waals surface area contributed by atoms with Crippen LogP contribution in [0.15, 0.2) is 22.0 Å². The molecule has 5 nitrogen and oxygen atoms in total. The molecule has 0 aliphatic heterocycles. The van der Waals surface area contributed by atoms with Gasteiger partial charge in [0.25, 0.3) is 5.56 Å². The molecule has 0 bridgehead atoms. The van der Waals surface area contributed by atoms with Gasteiger partial charge in [-0.3, -0.25) is 4.79 Å². The number of rotatable bonds is 2. The molecule has 0 aliphatic carbocycles. The number of pyridine rings is 1. The lowest BCUT2D eigenvalue weighted by Gasteiger charge is -2.07. The maximum absolute atomic E-state index is 11.5. The van der Waals surface area contributed by atoms with Crippen LogP contribution in [0.4, 0.5) is 5.69 Å². The summed E-state index contributed by atoms with van der Waals surface area (Å²) in [6, 6.07) is 1.55. The summed E-state index contributed by atoms with van der Waals surface area (Å²) in [5.41, 5.74) is -0.185. The smallest absolute Gasteiger partial charge is 0.271 e. The summed E-state index contributed by atoms with van der Waals surface area (Å²) >= 11 is 0. The first kappa shape index (κ1) is 10.8. The standard InChI is InChI=1S/C8H12N2O3S/c1-9-6-4-5-10(2)8(11)7(6)14(3,12)13/h4-5,9H,1-3H3. The van der Waals surface area contributed by atoms with Crippen LogP contribution >= 0.6 is 0 Å². The van der Waals surface area contributed by atoms with E-state index in [4.69, 9.17) is 0 Å². The number of aryl methyl sites for hydroxylation is 1. The molecule has 0 saturated heterocycles. The van der Waals surface area contributed by atoms with E-state index >= 15 is 0 Å². The van der Waals surface area contributed by atoms with Gasteiger partial charge < -0.3 is 9.88 Å². The average molecular weight is 216 g/mol. The number of nitrogens with zero attached hydrogens (tertiary/aromatic N) is 1. The molecule has 1 aromatic rings. The Kier molecular flexibility index (Phi) is 2.66.